The third-order valence-electron chi connectivity index (χ3n) is 13.8. The molecule has 14 rings (SSSR count). The van der Waals surface area contributed by atoms with E-state index in [2.05, 4.69) is 250 Å². The predicted molar refractivity (Wildman–Crippen MR) is 275 cm³/mol. The molecule has 0 amide bonds. The Labute approximate surface area is 374 Å². The summed E-state index contributed by atoms with van der Waals surface area (Å²) in [5.74, 6) is 0. The van der Waals surface area contributed by atoms with Crippen LogP contribution in [0.4, 0.5) is 0 Å². The summed E-state index contributed by atoms with van der Waals surface area (Å²) in [4.78, 5) is 0. The fourth-order valence-corrected chi connectivity index (χ4v) is 10.9. The van der Waals surface area contributed by atoms with Crippen LogP contribution in [0, 0.1) is 0 Å². The van der Waals surface area contributed by atoms with Crippen molar-refractivity contribution in [1.29, 1.82) is 0 Å². The van der Waals surface area contributed by atoms with Gasteiger partial charge in [0.25, 0.3) is 0 Å². The number of hydrogen-bond acceptors (Lipinski definition) is 0. The molecule has 0 N–H and O–H groups in total. The van der Waals surface area contributed by atoms with Crippen LogP contribution in [0.2, 0.25) is 0 Å². The smallest absolute Gasteiger partial charge is 0.0546 e. The monoisotopic (exact) mass is 825 g/mol. The molecular weight excluding hydrogens is 787 g/mol. The molecule has 0 spiro atoms. The van der Waals surface area contributed by atoms with Gasteiger partial charge in [-0.05, 0) is 129 Å². The first kappa shape index (κ1) is 35.9. The molecule has 0 atom stereocenters. The molecule has 0 radical (unpaired) electrons. The van der Waals surface area contributed by atoms with Crippen LogP contribution in [0.25, 0.3) is 126 Å². The van der Waals surface area contributed by atoms with Crippen molar-refractivity contribution in [3.05, 3.63) is 237 Å². The van der Waals surface area contributed by atoms with Crippen molar-refractivity contribution >= 4 is 87.0 Å². The van der Waals surface area contributed by atoms with Gasteiger partial charge in [0.1, 0.15) is 0 Å². The maximum Gasteiger partial charge on any atom is 0.0546 e. The standard InChI is InChI=1S/C62H39N3/c1-3-16-45(17-4-1)63-56-25-13-11-23-50(56)52-35-40(27-31-58(52)63)42-29-33-60-54(37-42)55-38-43(30-34-61(55)65(60)62-39-44-15-7-8-20-47(44)48-21-9-10-22-49(48)62)41-28-32-59-53(36-41)51-24-12-14-26-57(51)64(59)46-18-5-2-6-19-46/h1-39H. The largest absolute Gasteiger partial charge is 0.309 e. The summed E-state index contributed by atoms with van der Waals surface area (Å²) in [7, 11) is 0. The topological polar surface area (TPSA) is 14.8 Å². The predicted octanol–water partition coefficient (Wildman–Crippen LogP) is 16.6. The number of benzene rings is 11. The highest BCUT2D eigenvalue weighted by Crippen LogP contribution is 2.43. The number of rotatable bonds is 5. The minimum absolute atomic E-state index is 1.17. The molecule has 3 nitrogen and oxygen atoms in total. The zero-order valence-corrected chi connectivity index (χ0v) is 35.4. The van der Waals surface area contributed by atoms with Crippen LogP contribution in [-0.4, -0.2) is 13.7 Å². The number of fused-ring (bicyclic) bond motifs is 12. The van der Waals surface area contributed by atoms with Gasteiger partial charge in [0.2, 0.25) is 0 Å². The van der Waals surface area contributed by atoms with Gasteiger partial charge in [-0.25, -0.2) is 0 Å². The number of nitrogens with zero attached hydrogens (tertiary/aromatic N) is 3. The van der Waals surface area contributed by atoms with E-state index >= 15 is 0 Å². The minimum atomic E-state index is 1.17. The van der Waals surface area contributed by atoms with E-state index in [1.807, 2.05) is 0 Å². The molecule has 65 heavy (non-hydrogen) atoms. The fraction of sp³-hybridized carbons (Fsp3) is 0. The summed E-state index contributed by atoms with van der Waals surface area (Å²) >= 11 is 0. The Morgan fingerprint density at radius 1 is 0.200 bits per heavy atom. The van der Waals surface area contributed by atoms with Crippen molar-refractivity contribution in [2.24, 2.45) is 0 Å². The van der Waals surface area contributed by atoms with Crippen LogP contribution in [0.5, 0.6) is 0 Å². The Kier molecular flexibility index (Phi) is 7.69. The second kappa shape index (κ2) is 13.9. The molecule has 0 bridgehead atoms. The summed E-state index contributed by atoms with van der Waals surface area (Å²) < 4.78 is 7.27. The van der Waals surface area contributed by atoms with Gasteiger partial charge in [0.15, 0.2) is 0 Å². The Morgan fingerprint density at radius 2 is 0.538 bits per heavy atom. The van der Waals surface area contributed by atoms with Crippen molar-refractivity contribution < 1.29 is 0 Å². The highest BCUT2D eigenvalue weighted by molar-refractivity contribution is 6.17. The average Bonchev–Trinajstić information content (AvgIpc) is 4.01. The molecule has 0 saturated carbocycles. The molecule has 3 heteroatoms. The highest BCUT2D eigenvalue weighted by atomic mass is 15.0. The minimum Gasteiger partial charge on any atom is -0.309 e. The number of aromatic nitrogens is 3. The second-order valence-corrected chi connectivity index (χ2v) is 17.3. The van der Waals surface area contributed by atoms with Gasteiger partial charge < -0.3 is 13.7 Å². The van der Waals surface area contributed by atoms with Gasteiger partial charge in [-0.1, -0.05) is 146 Å². The molecule has 0 aliphatic heterocycles. The van der Waals surface area contributed by atoms with Crippen molar-refractivity contribution in [2.45, 2.75) is 0 Å². The number of para-hydroxylation sites is 4. The van der Waals surface area contributed by atoms with Gasteiger partial charge in [-0.3, -0.25) is 0 Å². The zero-order chi connectivity index (χ0) is 42.6. The second-order valence-electron chi connectivity index (χ2n) is 17.3. The first-order valence-corrected chi connectivity index (χ1v) is 22.4. The zero-order valence-electron chi connectivity index (χ0n) is 35.4. The highest BCUT2D eigenvalue weighted by Gasteiger charge is 2.20. The molecule has 0 saturated heterocycles. The van der Waals surface area contributed by atoms with E-state index in [-0.39, 0.29) is 0 Å². The third-order valence-corrected chi connectivity index (χ3v) is 13.8. The van der Waals surface area contributed by atoms with Crippen LogP contribution < -0.4 is 0 Å². The van der Waals surface area contributed by atoms with Gasteiger partial charge in [0, 0.05) is 49.1 Å². The lowest BCUT2D eigenvalue weighted by molar-refractivity contribution is 1.18. The molecule has 3 heterocycles. The molecule has 0 unspecified atom stereocenters. The maximum absolute atomic E-state index is 2.50. The third kappa shape index (κ3) is 5.36. The average molecular weight is 826 g/mol. The molecule has 0 aliphatic rings. The van der Waals surface area contributed by atoms with Crippen molar-refractivity contribution in [2.75, 3.05) is 0 Å². The number of hydrogen-bond donors (Lipinski definition) is 0. The molecule has 302 valence electrons. The van der Waals surface area contributed by atoms with E-state index < -0.39 is 0 Å². The van der Waals surface area contributed by atoms with Crippen LogP contribution in [-0.2, 0) is 0 Å². The maximum atomic E-state index is 2.50. The molecule has 0 aliphatic carbocycles. The summed E-state index contributed by atoms with van der Waals surface area (Å²) in [6, 6.07) is 87.1. The summed E-state index contributed by atoms with van der Waals surface area (Å²) in [5, 5.41) is 12.5. The Balaban J connectivity index is 1.01. The first-order chi connectivity index (χ1) is 32.2. The normalized spacial score (nSPS) is 12.0. The van der Waals surface area contributed by atoms with Gasteiger partial charge in [-0.2, -0.15) is 0 Å². The lowest BCUT2D eigenvalue weighted by atomic mass is 9.98. The van der Waals surface area contributed by atoms with E-state index in [0.29, 0.717) is 0 Å². The molecule has 11 aromatic carbocycles. The SMILES string of the molecule is c1ccc(-n2c3ccccc3c3cc(-c4ccc5c(c4)c4cc(-c6ccc7c(c6)c6ccccc6n7-c6ccccc6)ccc4n5-c4cc5ccccc5c5ccccc45)ccc32)cc1. The van der Waals surface area contributed by atoms with Crippen LogP contribution in [0.1, 0.15) is 0 Å². The van der Waals surface area contributed by atoms with Crippen LogP contribution in [0.3, 0.4) is 0 Å². The fourth-order valence-electron chi connectivity index (χ4n) is 10.9. The van der Waals surface area contributed by atoms with Gasteiger partial charge >= 0.3 is 0 Å². The Morgan fingerprint density at radius 3 is 1.02 bits per heavy atom. The summed E-state index contributed by atoms with van der Waals surface area (Å²) in [5.41, 5.74) is 15.5. The van der Waals surface area contributed by atoms with E-state index in [4.69, 9.17) is 0 Å². The van der Waals surface area contributed by atoms with E-state index in [0.717, 1.165) is 0 Å². The van der Waals surface area contributed by atoms with E-state index in [1.54, 1.807) is 0 Å². The molecular formula is C62H39N3. The van der Waals surface area contributed by atoms with Crippen molar-refractivity contribution in [1.82, 2.24) is 13.7 Å². The van der Waals surface area contributed by atoms with E-state index in [1.165, 1.54) is 126 Å². The Hall–Kier alpha value is -8.66. The van der Waals surface area contributed by atoms with Gasteiger partial charge in [-0.15, -0.1) is 0 Å². The quantitative estimate of drug-likeness (QED) is 0.154. The van der Waals surface area contributed by atoms with E-state index in [9.17, 15) is 0 Å². The van der Waals surface area contributed by atoms with Crippen molar-refractivity contribution in [3.8, 4) is 39.3 Å². The lowest BCUT2D eigenvalue weighted by Crippen LogP contribution is -1.96. The first-order valence-electron chi connectivity index (χ1n) is 22.4. The molecule has 0 fully saturated rings. The lowest BCUT2D eigenvalue weighted by Gasteiger charge is -2.14. The van der Waals surface area contributed by atoms with Gasteiger partial charge in [0.05, 0.1) is 38.8 Å². The van der Waals surface area contributed by atoms with Crippen LogP contribution in [0.15, 0.2) is 237 Å². The molecule has 3 aromatic heterocycles. The Bertz CT molecular complexity index is 4010. The van der Waals surface area contributed by atoms with Crippen molar-refractivity contribution in [3.63, 3.8) is 0 Å². The summed E-state index contributed by atoms with van der Waals surface area (Å²) in [6.45, 7) is 0. The summed E-state index contributed by atoms with van der Waals surface area (Å²) in [6.07, 6.45) is 0. The molecule has 14 aromatic rings. The van der Waals surface area contributed by atoms with Crippen LogP contribution >= 0.6 is 0 Å².